The molecule has 0 atom stereocenters. The summed E-state index contributed by atoms with van der Waals surface area (Å²) in [5, 5.41) is 8.55. The third-order valence-electron chi connectivity index (χ3n) is 2.87. The van der Waals surface area contributed by atoms with E-state index in [1.807, 2.05) is 24.3 Å². The van der Waals surface area contributed by atoms with E-state index < -0.39 is 5.97 Å². The van der Waals surface area contributed by atoms with Crippen molar-refractivity contribution in [1.29, 1.82) is 0 Å². The second-order valence-electron chi connectivity index (χ2n) is 4.31. The highest BCUT2D eigenvalue weighted by molar-refractivity contribution is 5.79. The zero-order valence-corrected chi connectivity index (χ0v) is 10.8. The molecule has 0 radical (unpaired) electrons. The Bertz CT molecular complexity index is 412. The quantitative estimate of drug-likeness (QED) is 0.835. The van der Waals surface area contributed by atoms with Crippen molar-refractivity contribution >= 4 is 11.9 Å². The Hall–Kier alpha value is -1.84. The van der Waals surface area contributed by atoms with E-state index in [4.69, 9.17) is 5.11 Å². The molecule has 18 heavy (non-hydrogen) atoms. The molecule has 0 spiro atoms. The Kier molecular flexibility index (Phi) is 5.36. The second kappa shape index (κ2) is 6.79. The lowest BCUT2D eigenvalue weighted by atomic mass is 10.1. The van der Waals surface area contributed by atoms with Crippen LogP contribution in [0.1, 0.15) is 24.5 Å². The maximum Gasteiger partial charge on any atom is 0.305 e. The minimum absolute atomic E-state index is 0.0169. The molecule has 1 amide bonds. The molecule has 0 aromatic heterocycles. The van der Waals surface area contributed by atoms with Gasteiger partial charge in [0.25, 0.3) is 0 Å². The van der Waals surface area contributed by atoms with Crippen molar-refractivity contribution < 1.29 is 14.7 Å². The Morgan fingerprint density at radius 1 is 1.17 bits per heavy atom. The van der Waals surface area contributed by atoms with Crippen LogP contribution in [0.5, 0.6) is 0 Å². The highest BCUT2D eigenvalue weighted by Gasteiger charge is 2.10. The predicted octanol–water partition coefficient (Wildman–Crippen LogP) is 1.72. The summed E-state index contributed by atoms with van der Waals surface area (Å²) >= 11 is 0. The van der Waals surface area contributed by atoms with E-state index in [1.54, 1.807) is 7.05 Å². The van der Waals surface area contributed by atoms with Crippen LogP contribution in [0.3, 0.4) is 0 Å². The molecule has 0 aliphatic rings. The number of benzene rings is 1. The lowest BCUT2D eigenvalue weighted by molar-refractivity contribution is -0.138. The van der Waals surface area contributed by atoms with Crippen molar-refractivity contribution in [3.63, 3.8) is 0 Å². The van der Waals surface area contributed by atoms with Gasteiger partial charge in [0.1, 0.15) is 0 Å². The van der Waals surface area contributed by atoms with E-state index in [9.17, 15) is 9.59 Å². The summed E-state index contributed by atoms with van der Waals surface area (Å²) in [7, 11) is 1.63. The van der Waals surface area contributed by atoms with Crippen molar-refractivity contribution in [3.05, 3.63) is 35.4 Å². The third kappa shape index (κ3) is 4.57. The van der Waals surface area contributed by atoms with Gasteiger partial charge in [-0.1, -0.05) is 31.2 Å². The number of hydrogen-bond donors (Lipinski definition) is 1. The van der Waals surface area contributed by atoms with E-state index in [0.717, 1.165) is 12.0 Å². The molecule has 0 aliphatic heterocycles. The number of likely N-dealkylation sites (N-methyl/N-ethyl adjacent to an activating group) is 1. The number of carbonyl (C=O) groups excluding carboxylic acids is 1. The van der Waals surface area contributed by atoms with Crippen molar-refractivity contribution in [1.82, 2.24) is 4.90 Å². The van der Waals surface area contributed by atoms with Crippen LogP contribution in [-0.2, 0) is 22.4 Å². The normalized spacial score (nSPS) is 10.1. The van der Waals surface area contributed by atoms with Gasteiger partial charge in [-0.3, -0.25) is 9.59 Å². The first kappa shape index (κ1) is 14.2. The average Bonchev–Trinajstić information content (AvgIpc) is 2.36. The molecule has 4 heteroatoms. The van der Waals surface area contributed by atoms with Crippen molar-refractivity contribution in [2.24, 2.45) is 0 Å². The number of amides is 1. The van der Waals surface area contributed by atoms with Crippen molar-refractivity contribution in [3.8, 4) is 0 Å². The highest BCUT2D eigenvalue weighted by Crippen LogP contribution is 2.07. The van der Waals surface area contributed by atoms with Gasteiger partial charge >= 0.3 is 5.97 Å². The van der Waals surface area contributed by atoms with Crippen LogP contribution >= 0.6 is 0 Å². The first-order valence-corrected chi connectivity index (χ1v) is 6.06. The number of aryl methyl sites for hydroxylation is 1. The van der Waals surface area contributed by atoms with E-state index in [2.05, 4.69) is 6.92 Å². The number of carbonyl (C=O) groups is 2. The van der Waals surface area contributed by atoms with Crippen molar-refractivity contribution in [2.75, 3.05) is 13.6 Å². The lowest BCUT2D eigenvalue weighted by Gasteiger charge is -2.16. The van der Waals surface area contributed by atoms with Crippen LogP contribution in [-0.4, -0.2) is 35.5 Å². The van der Waals surface area contributed by atoms with E-state index >= 15 is 0 Å². The van der Waals surface area contributed by atoms with Gasteiger partial charge in [-0.15, -0.1) is 0 Å². The van der Waals surface area contributed by atoms with Gasteiger partial charge in [0, 0.05) is 13.6 Å². The monoisotopic (exact) mass is 249 g/mol. The summed E-state index contributed by atoms with van der Waals surface area (Å²) < 4.78 is 0. The maximum atomic E-state index is 11.8. The summed E-state index contributed by atoms with van der Waals surface area (Å²) in [5.41, 5.74) is 2.20. The van der Waals surface area contributed by atoms with Gasteiger partial charge in [0.2, 0.25) is 5.91 Å². The Balaban J connectivity index is 2.49. The topological polar surface area (TPSA) is 57.6 Å². The molecule has 0 bridgehead atoms. The zero-order valence-electron chi connectivity index (χ0n) is 10.8. The van der Waals surface area contributed by atoms with E-state index in [1.165, 1.54) is 10.5 Å². The van der Waals surface area contributed by atoms with Crippen LogP contribution in [0, 0.1) is 0 Å². The number of hydrogen-bond acceptors (Lipinski definition) is 2. The van der Waals surface area contributed by atoms with Crippen LogP contribution < -0.4 is 0 Å². The molecule has 98 valence electrons. The fourth-order valence-electron chi connectivity index (χ4n) is 1.59. The molecule has 0 saturated heterocycles. The van der Waals surface area contributed by atoms with Crippen LogP contribution in [0.15, 0.2) is 24.3 Å². The summed E-state index contributed by atoms with van der Waals surface area (Å²) in [4.78, 5) is 23.7. The Morgan fingerprint density at radius 3 is 2.22 bits per heavy atom. The molecule has 4 nitrogen and oxygen atoms in total. The van der Waals surface area contributed by atoms with Gasteiger partial charge in [-0.25, -0.2) is 0 Å². The summed E-state index contributed by atoms with van der Waals surface area (Å²) in [6, 6.07) is 7.92. The zero-order chi connectivity index (χ0) is 13.5. The standard InChI is InChI=1S/C14H19NO3/c1-3-11-4-6-12(7-5-11)10-13(16)15(2)9-8-14(17)18/h4-7H,3,8-10H2,1-2H3,(H,17,18). The second-order valence-corrected chi connectivity index (χ2v) is 4.31. The number of nitrogens with zero attached hydrogens (tertiary/aromatic N) is 1. The minimum atomic E-state index is -0.887. The van der Waals surface area contributed by atoms with E-state index in [-0.39, 0.29) is 18.9 Å². The molecule has 0 fully saturated rings. The van der Waals surface area contributed by atoms with E-state index in [0.29, 0.717) is 6.42 Å². The first-order valence-electron chi connectivity index (χ1n) is 6.06. The average molecular weight is 249 g/mol. The van der Waals surface area contributed by atoms with Gasteiger partial charge in [0.15, 0.2) is 0 Å². The van der Waals surface area contributed by atoms with Gasteiger partial charge in [-0.05, 0) is 17.5 Å². The molecule has 1 aromatic carbocycles. The highest BCUT2D eigenvalue weighted by atomic mass is 16.4. The predicted molar refractivity (Wildman–Crippen MR) is 69.4 cm³/mol. The molecule has 1 aromatic rings. The molecule has 0 heterocycles. The Labute approximate surface area is 107 Å². The molecule has 0 aliphatic carbocycles. The van der Waals surface area contributed by atoms with Crippen LogP contribution in [0.25, 0.3) is 0 Å². The number of carboxylic acids is 1. The number of aliphatic carboxylic acids is 1. The first-order chi connectivity index (χ1) is 8.52. The Morgan fingerprint density at radius 2 is 1.72 bits per heavy atom. The fraction of sp³-hybridized carbons (Fsp3) is 0.429. The molecule has 1 N–H and O–H groups in total. The largest absolute Gasteiger partial charge is 0.481 e. The van der Waals surface area contributed by atoms with Gasteiger partial charge < -0.3 is 10.0 Å². The molecular weight excluding hydrogens is 230 g/mol. The maximum absolute atomic E-state index is 11.8. The SMILES string of the molecule is CCc1ccc(CC(=O)N(C)CCC(=O)O)cc1. The summed E-state index contributed by atoms with van der Waals surface area (Å²) in [6.45, 7) is 2.33. The minimum Gasteiger partial charge on any atom is -0.481 e. The van der Waals surface area contributed by atoms with Crippen LogP contribution in [0.2, 0.25) is 0 Å². The smallest absolute Gasteiger partial charge is 0.305 e. The summed E-state index contributed by atoms with van der Waals surface area (Å²) in [6.07, 6.45) is 1.28. The molecule has 0 unspecified atom stereocenters. The molecular formula is C14H19NO3. The lowest BCUT2D eigenvalue weighted by Crippen LogP contribution is -2.30. The van der Waals surface area contributed by atoms with Gasteiger partial charge in [-0.2, -0.15) is 0 Å². The fourth-order valence-corrected chi connectivity index (χ4v) is 1.59. The molecule has 1 rings (SSSR count). The summed E-state index contributed by atoms with van der Waals surface area (Å²) in [5.74, 6) is -0.942. The number of rotatable bonds is 6. The number of carboxylic acid groups (broad SMARTS) is 1. The third-order valence-corrected chi connectivity index (χ3v) is 2.87. The van der Waals surface area contributed by atoms with Gasteiger partial charge in [0.05, 0.1) is 12.8 Å². The van der Waals surface area contributed by atoms with Crippen LogP contribution in [0.4, 0.5) is 0 Å². The van der Waals surface area contributed by atoms with Crippen molar-refractivity contribution in [2.45, 2.75) is 26.2 Å². The molecule has 0 saturated carbocycles.